The van der Waals surface area contributed by atoms with Gasteiger partial charge in [0.2, 0.25) is 5.91 Å². The van der Waals surface area contributed by atoms with Crippen molar-refractivity contribution in [2.45, 2.75) is 12.5 Å². The summed E-state index contributed by atoms with van der Waals surface area (Å²) in [6.45, 7) is 0. The van der Waals surface area contributed by atoms with Crippen LogP contribution in [0.4, 0.5) is 0 Å². The van der Waals surface area contributed by atoms with Crippen molar-refractivity contribution in [1.82, 2.24) is 5.32 Å². The van der Waals surface area contributed by atoms with Gasteiger partial charge in [0.15, 0.2) is 11.5 Å². The van der Waals surface area contributed by atoms with Gasteiger partial charge in [-0.05, 0) is 45.3 Å². The Kier molecular flexibility index (Phi) is 7.43. The molecule has 0 spiro atoms. The first-order valence-electron chi connectivity index (χ1n) is 8.11. The second kappa shape index (κ2) is 9.78. The molecule has 0 saturated carbocycles. The summed E-state index contributed by atoms with van der Waals surface area (Å²) in [7, 11) is 3.05. The number of carbonyl (C=O) groups is 2. The van der Waals surface area contributed by atoms with Gasteiger partial charge in [-0.3, -0.25) is 4.79 Å². The predicted octanol–water partition coefficient (Wildman–Crippen LogP) is 3.29. The Morgan fingerprint density at radius 3 is 2.48 bits per heavy atom. The number of carbonyl (C=O) groups excluding carboxylic acids is 1. The predicted molar refractivity (Wildman–Crippen MR) is 106 cm³/mol. The number of nitrogens with one attached hydrogen (secondary N) is 1. The standard InChI is InChI=1S/C20H20BrNO5/c1-26-17-12-14(10-15(21)19(17)27-2)8-9-18(23)22-16(20(24)25)11-13-6-4-3-5-7-13/h3-10,12,16H,11H2,1-2H3,(H,22,23)(H,24,25)/b9-8+/t16-/m1/s1. The molecule has 0 aliphatic rings. The van der Waals surface area contributed by atoms with Crippen molar-refractivity contribution in [3.8, 4) is 11.5 Å². The van der Waals surface area contributed by atoms with Crippen molar-refractivity contribution in [1.29, 1.82) is 0 Å². The maximum absolute atomic E-state index is 12.2. The summed E-state index contributed by atoms with van der Waals surface area (Å²) >= 11 is 3.39. The summed E-state index contributed by atoms with van der Waals surface area (Å²) in [5.74, 6) is -0.522. The number of benzene rings is 2. The van der Waals surface area contributed by atoms with Crippen LogP contribution in [-0.4, -0.2) is 37.2 Å². The Bertz CT molecular complexity index is 836. The van der Waals surface area contributed by atoms with E-state index >= 15 is 0 Å². The normalized spacial score (nSPS) is 11.8. The van der Waals surface area contributed by atoms with Gasteiger partial charge in [-0.15, -0.1) is 0 Å². The quantitative estimate of drug-likeness (QED) is 0.623. The molecule has 6 nitrogen and oxygen atoms in total. The molecule has 0 fully saturated rings. The van der Waals surface area contributed by atoms with Crippen molar-refractivity contribution >= 4 is 33.9 Å². The minimum atomic E-state index is -1.09. The average molecular weight is 434 g/mol. The fraction of sp³-hybridized carbons (Fsp3) is 0.200. The van der Waals surface area contributed by atoms with Gasteiger partial charge in [0.05, 0.1) is 18.7 Å². The van der Waals surface area contributed by atoms with Crippen LogP contribution in [0.2, 0.25) is 0 Å². The number of halogens is 1. The lowest BCUT2D eigenvalue weighted by molar-refractivity contribution is -0.141. The third kappa shape index (κ3) is 5.86. The van der Waals surface area contributed by atoms with Gasteiger partial charge in [-0.1, -0.05) is 30.3 Å². The van der Waals surface area contributed by atoms with Gasteiger partial charge in [0.1, 0.15) is 6.04 Å². The zero-order valence-electron chi connectivity index (χ0n) is 14.9. The third-order valence-corrected chi connectivity index (χ3v) is 4.37. The number of hydrogen-bond acceptors (Lipinski definition) is 4. The van der Waals surface area contributed by atoms with Crippen LogP contribution in [0.5, 0.6) is 11.5 Å². The van der Waals surface area contributed by atoms with Crippen molar-refractivity contribution < 1.29 is 24.2 Å². The van der Waals surface area contributed by atoms with E-state index in [2.05, 4.69) is 21.2 Å². The Hall–Kier alpha value is -2.80. The molecule has 7 heteroatoms. The highest BCUT2D eigenvalue weighted by molar-refractivity contribution is 9.10. The third-order valence-electron chi connectivity index (χ3n) is 3.78. The van der Waals surface area contributed by atoms with E-state index < -0.39 is 17.9 Å². The van der Waals surface area contributed by atoms with Gasteiger partial charge < -0.3 is 19.9 Å². The summed E-state index contributed by atoms with van der Waals surface area (Å²) in [6.07, 6.45) is 3.07. The molecular weight excluding hydrogens is 414 g/mol. The van der Waals surface area contributed by atoms with Crippen LogP contribution in [0, 0.1) is 0 Å². The maximum Gasteiger partial charge on any atom is 0.326 e. The fourth-order valence-corrected chi connectivity index (χ4v) is 3.10. The molecule has 0 bridgehead atoms. The Morgan fingerprint density at radius 2 is 1.89 bits per heavy atom. The molecule has 2 rings (SSSR count). The Morgan fingerprint density at radius 1 is 1.19 bits per heavy atom. The Labute approximate surface area is 165 Å². The minimum absolute atomic E-state index is 0.206. The number of carboxylic acids is 1. The van der Waals surface area contributed by atoms with E-state index in [1.807, 2.05) is 30.3 Å². The molecule has 0 radical (unpaired) electrons. The largest absolute Gasteiger partial charge is 0.493 e. The van der Waals surface area contributed by atoms with E-state index in [9.17, 15) is 14.7 Å². The van der Waals surface area contributed by atoms with Gasteiger partial charge >= 0.3 is 5.97 Å². The SMILES string of the molecule is COc1cc(/C=C/C(=O)N[C@H](Cc2ccccc2)C(=O)O)cc(Br)c1OC. The molecule has 0 aliphatic heterocycles. The summed E-state index contributed by atoms with van der Waals surface area (Å²) in [5, 5.41) is 11.9. The lowest BCUT2D eigenvalue weighted by Gasteiger charge is -2.13. The van der Waals surface area contributed by atoms with Crippen LogP contribution >= 0.6 is 15.9 Å². The van der Waals surface area contributed by atoms with Gasteiger partial charge in [-0.2, -0.15) is 0 Å². The zero-order chi connectivity index (χ0) is 19.8. The first kappa shape index (κ1) is 20.5. The second-order valence-corrected chi connectivity index (χ2v) is 6.52. The van der Waals surface area contributed by atoms with Crippen LogP contribution in [0.15, 0.2) is 53.0 Å². The van der Waals surface area contributed by atoms with E-state index in [-0.39, 0.29) is 6.42 Å². The van der Waals surface area contributed by atoms with E-state index in [1.165, 1.54) is 20.3 Å². The summed E-state index contributed by atoms with van der Waals surface area (Å²) in [6, 6.07) is 11.6. The van der Waals surface area contributed by atoms with Crippen LogP contribution in [-0.2, 0) is 16.0 Å². The average Bonchev–Trinajstić information content (AvgIpc) is 2.66. The molecule has 27 heavy (non-hydrogen) atoms. The van der Waals surface area contributed by atoms with Crippen molar-refractivity contribution in [3.63, 3.8) is 0 Å². The highest BCUT2D eigenvalue weighted by Crippen LogP contribution is 2.36. The molecule has 1 amide bonds. The molecular formula is C20H20BrNO5. The Balaban J connectivity index is 2.09. The number of aliphatic carboxylic acids is 1. The molecule has 0 saturated heterocycles. The van der Waals surface area contributed by atoms with E-state index in [0.29, 0.717) is 21.5 Å². The van der Waals surface area contributed by atoms with Gasteiger partial charge in [0.25, 0.3) is 0 Å². The van der Waals surface area contributed by atoms with E-state index in [4.69, 9.17) is 9.47 Å². The highest BCUT2D eigenvalue weighted by Gasteiger charge is 2.19. The van der Waals surface area contributed by atoms with Crippen LogP contribution in [0.25, 0.3) is 6.08 Å². The number of carboxylic acid groups (broad SMARTS) is 1. The zero-order valence-corrected chi connectivity index (χ0v) is 16.5. The van der Waals surface area contributed by atoms with E-state index in [1.54, 1.807) is 18.2 Å². The summed E-state index contributed by atoms with van der Waals surface area (Å²) in [5.41, 5.74) is 1.53. The molecule has 0 unspecified atom stereocenters. The van der Waals surface area contributed by atoms with Gasteiger partial charge in [0, 0.05) is 12.5 Å². The molecule has 0 heterocycles. The summed E-state index contributed by atoms with van der Waals surface area (Å²) < 4.78 is 11.2. The topological polar surface area (TPSA) is 84.9 Å². The number of hydrogen-bond donors (Lipinski definition) is 2. The van der Waals surface area contributed by atoms with Crippen molar-refractivity contribution in [3.05, 3.63) is 64.1 Å². The number of methoxy groups -OCH3 is 2. The van der Waals surface area contributed by atoms with Crippen molar-refractivity contribution in [2.24, 2.45) is 0 Å². The van der Waals surface area contributed by atoms with Crippen LogP contribution < -0.4 is 14.8 Å². The molecule has 2 aromatic carbocycles. The van der Waals surface area contributed by atoms with Gasteiger partial charge in [-0.25, -0.2) is 4.79 Å². The second-order valence-electron chi connectivity index (χ2n) is 5.66. The molecule has 0 aromatic heterocycles. The number of amides is 1. The first-order chi connectivity index (χ1) is 12.9. The van der Waals surface area contributed by atoms with Crippen molar-refractivity contribution in [2.75, 3.05) is 14.2 Å². The first-order valence-corrected chi connectivity index (χ1v) is 8.90. The highest BCUT2D eigenvalue weighted by atomic mass is 79.9. The monoisotopic (exact) mass is 433 g/mol. The lowest BCUT2D eigenvalue weighted by Crippen LogP contribution is -2.41. The molecule has 142 valence electrons. The molecule has 2 aromatic rings. The van der Waals surface area contributed by atoms with E-state index in [0.717, 1.165) is 5.56 Å². The molecule has 2 N–H and O–H groups in total. The fourth-order valence-electron chi connectivity index (χ4n) is 2.48. The maximum atomic E-state index is 12.2. The number of rotatable bonds is 8. The van der Waals surface area contributed by atoms with Crippen LogP contribution in [0.3, 0.4) is 0 Å². The lowest BCUT2D eigenvalue weighted by atomic mass is 10.1. The summed E-state index contributed by atoms with van der Waals surface area (Å²) in [4.78, 5) is 23.6. The molecule has 0 aliphatic carbocycles. The molecule has 1 atom stereocenters. The number of ether oxygens (including phenoxy) is 2. The minimum Gasteiger partial charge on any atom is -0.493 e. The van der Waals surface area contributed by atoms with Crippen LogP contribution in [0.1, 0.15) is 11.1 Å². The smallest absolute Gasteiger partial charge is 0.326 e.